The zero-order valence-corrected chi connectivity index (χ0v) is 29.9. The molecule has 3 aliphatic heterocycles. The van der Waals surface area contributed by atoms with Crippen molar-refractivity contribution < 1.29 is 69.9 Å². The number of amides is 3. The van der Waals surface area contributed by atoms with Gasteiger partial charge in [-0.3, -0.25) is 9.59 Å². The number of nitrogens with zero attached hydrogens (tertiary/aromatic N) is 5. The summed E-state index contributed by atoms with van der Waals surface area (Å²) in [7, 11) is 0. The fourth-order valence-electron chi connectivity index (χ4n) is 6.69. The molecule has 3 saturated heterocycles. The van der Waals surface area contributed by atoms with Crippen LogP contribution < -0.4 is 4.74 Å². The number of phenols is 1. The van der Waals surface area contributed by atoms with Crippen LogP contribution in [0.5, 0.6) is 11.5 Å². The first-order valence-corrected chi connectivity index (χ1v) is 17.6. The maximum absolute atomic E-state index is 13.3. The lowest BCUT2D eigenvalue weighted by molar-refractivity contribution is -0.141. The van der Waals surface area contributed by atoms with Crippen LogP contribution in [-0.2, 0) is 27.3 Å². The fraction of sp³-hybridized carbons (Fsp3) is 0.472. The van der Waals surface area contributed by atoms with E-state index in [2.05, 4.69) is 0 Å². The smallest absolute Gasteiger partial charge is 0.407 e. The maximum atomic E-state index is 13.3. The number of aromatic hydroxyl groups is 1. The van der Waals surface area contributed by atoms with Crippen LogP contribution in [0.1, 0.15) is 21.0 Å². The molecular weight excluding hydrogens is 760 g/mol. The Labute approximate surface area is 315 Å². The highest BCUT2D eigenvalue weighted by molar-refractivity contribution is 6.00. The van der Waals surface area contributed by atoms with Crippen LogP contribution in [0.3, 0.4) is 0 Å². The number of hydrogen-bond donors (Lipinski definition) is 2. The molecule has 2 aromatic carbocycles. The molecule has 7 rings (SSSR count). The second-order valence-corrected chi connectivity index (χ2v) is 13.3. The van der Waals surface area contributed by atoms with Gasteiger partial charge in [-0.2, -0.15) is 26.3 Å². The fourth-order valence-corrected chi connectivity index (χ4v) is 6.69. The zero-order chi connectivity index (χ0) is 40.2. The molecule has 4 aromatic rings. The molecule has 304 valence electrons. The second kappa shape index (κ2) is 16.9. The Morgan fingerprint density at radius 1 is 0.679 bits per heavy atom. The molecule has 1 unspecified atom stereocenters. The van der Waals surface area contributed by atoms with E-state index in [9.17, 15) is 45.8 Å². The van der Waals surface area contributed by atoms with Crippen molar-refractivity contribution in [3.63, 3.8) is 0 Å². The molecule has 20 heteroatoms. The van der Waals surface area contributed by atoms with E-state index in [1.807, 2.05) is 0 Å². The lowest BCUT2D eigenvalue weighted by Crippen LogP contribution is -2.47. The number of fused-ring (bicyclic) bond motifs is 2. The van der Waals surface area contributed by atoms with E-state index in [0.717, 1.165) is 9.13 Å². The van der Waals surface area contributed by atoms with Gasteiger partial charge in [0.25, 0.3) is 11.8 Å². The van der Waals surface area contributed by atoms with Crippen molar-refractivity contribution in [1.29, 1.82) is 0 Å². The second-order valence-electron chi connectivity index (χ2n) is 13.3. The molecule has 0 bridgehead atoms. The standard InChI is InChI=1S/C21H24F3N3O6.C15H15F3N2O3/c22-21(23,24)13-27-17-2-1-15(33-12-16-11-26(20(29)30)5-8-32-16)9-14(17)10-18(27)19(28)25-3-6-31-7-4-25;16-15(17,18)9-20-12-2-1-11(21)7-10(12)8-13(20)14(22)19-3-5-23-6-4-19/h1-2,9-10,16H,3-8,11-13H2,(H,29,30);1-2,7-8,21H,3-6,9H2. The summed E-state index contributed by atoms with van der Waals surface area (Å²) in [6.07, 6.45) is -10.5. The van der Waals surface area contributed by atoms with Crippen molar-refractivity contribution in [2.24, 2.45) is 0 Å². The normalized spacial score (nSPS) is 18.2. The van der Waals surface area contributed by atoms with E-state index in [1.165, 1.54) is 57.2 Å². The number of aromatic nitrogens is 2. The Morgan fingerprint density at radius 2 is 1.16 bits per heavy atom. The largest absolute Gasteiger partial charge is 0.508 e. The Hall–Kier alpha value is -5.21. The quantitative estimate of drug-likeness (QED) is 0.252. The predicted octanol–water partition coefficient (Wildman–Crippen LogP) is 4.82. The maximum Gasteiger partial charge on any atom is 0.407 e. The summed E-state index contributed by atoms with van der Waals surface area (Å²) in [6.45, 7) is 0.971. The van der Waals surface area contributed by atoms with E-state index >= 15 is 0 Å². The number of morpholine rings is 3. The Kier molecular flexibility index (Phi) is 12.2. The third-order valence-corrected chi connectivity index (χ3v) is 9.31. The van der Waals surface area contributed by atoms with Gasteiger partial charge < -0.3 is 53.0 Å². The van der Waals surface area contributed by atoms with E-state index in [0.29, 0.717) is 69.1 Å². The highest BCUT2D eigenvalue weighted by Gasteiger charge is 2.34. The molecule has 2 aromatic heterocycles. The van der Waals surface area contributed by atoms with Gasteiger partial charge >= 0.3 is 18.4 Å². The van der Waals surface area contributed by atoms with Crippen molar-refractivity contribution >= 4 is 39.7 Å². The van der Waals surface area contributed by atoms with E-state index in [-0.39, 0.29) is 54.5 Å². The topological polar surface area (TPSA) is 148 Å². The Balaban J connectivity index is 0.000000202. The van der Waals surface area contributed by atoms with E-state index in [1.54, 1.807) is 6.07 Å². The number of carbonyl (C=O) groups is 3. The van der Waals surface area contributed by atoms with Gasteiger partial charge in [0.2, 0.25) is 0 Å². The number of carbonyl (C=O) groups excluding carboxylic acids is 2. The number of carboxylic acid groups (broad SMARTS) is 1. The minimum atomic E-state index is -4.50. The van der Waals surface area contributed by atoms with Crippen molar-refractivity contribution in [1.82, 2.24) is 23.8 Å². The molecule has 3 fully saturated rings. The third-order valence-electron chi connectivity index (χ3n) is 9.31. The lowest BCUT2D eigenvalue weighted by atomic mass is 10.2. The lowest BCUT2D eigenvalue weighted by Gasteiger charge is -2.30. The van der Waals surface area contributed by atoms with Gasteiger partial charge in [0.05, 0.1) is 39.6 Å². The summed E-state index contributed by atoms with van der Waals surface area (Å²) in [5.41, 5.74) is 0.443. The van der Waals surface area contributed by atoms with Crippen LogP contribution in [0.25, 0.3) is 21.8 Å². The molecule has 2 N–H and O–H groups in total. The molecule has 5 heterocycles. The first kappa shape index (κ1) is 40.5. The summed E-state index contributed by atoms with van der Waals surface area (Å²) in [6, 6.07) is 11.4. The molecule has 1 atom stereocenters. The summed E-state index contributed by atoms with van der Waals surface area (Å²) in [4.78, 5) is 40.9. The Bertz CT molecular complexity index is 2040. The molecule has 3 aliphatic rings. The number of alkyl halides is 6. The monoisotopic (exact) mass is 799 g/mol. The minimum Gasteiger partial charge on any atom is -0.508 e. The Morgan fingerprint density at radius 3 is 1.66 bits per heavy atom. The average molecular weight is 800 g/mol. The van der Waals surface area contributed by atoms with Crippen molar-refractivity contribution in [3.05, 3.63) is 59.9 Å². The SMILES string of the molecule is O=C(O)N1CCOC(COc2ccc3c(c2)cc(C(=O)N2CCOCC2)n3CC(F)(F)F)C1.O=C(c1cc2cc(O)ccc2n1CC(F)(F)F)N1CCOCC1. The molecular formula is C36H39F6N5O9. The predicted molar refractivity (Wildman–Crippen MR) is 186 cm³/mol. The van der Waals surface area contributed by atoms with Gasteiger partial charge in [-0.15, -0.1) is 0 Å². The zero-order valence-electron chi connectivity index (χ0n) is 29.9. The molecule has 14 nitrogen and oxygen atoms in total. The number of rotatable bonds is 7. The van der Waals surface area contributed by atoms with Gasteiger partial charge in [0.1, 0.15) is 48.7 Å². The first-order chi connectivity index (χ1) is 26.6. The summed E-state index contributed by atoms with van der Waals surface area (Å²) < 4.78 is 102. The van der Waals surface area contributed by atoms with Gasteiger partial charge in [-0.05, 0) is 48.5 Å². The van der Waals surface area contributed by atoms with Gasteiger partial charge in [-0.1, -0.05) is 0 Å². The van der Waals surface area contributed by atoms with Crippen LogP contribution in [0.15, 0.2) is 48.5 Å². The van der Waals surface area contributed by atoms with E-state index in [4.69, 9.17) is 24.1 Å². The van der Waals surface area contributed by atoms with Gasteiger partial charge in [0.15, 0.2) is 0 Å². The van der Waals surface area contributed by atoms with Crippen molar-refractivity contribution in [2.45, 2.75) is 31.5 Å². The van der Waals surface area contributed by atoms with Crippen molar-refractivity contribution in [3.8, 4) is 11.5 Å². The number of hydrogen-bond acceptors (Lipinski definition) is 8. The van der Waals surface area contributed by atoms with Crippen LogP contribution in [0.2, 0.25) is 0 Å². The molecule has 0 aliphatic carbocycles. The van der Waals surface area contributed by atoms with Crippen molar-refractivity contribution in [2.75, 3.05) is 78.9 Å². The van der Waals surface area contributed by atoms with Gasteiger partial charge in [0, 0.05) is 54.5 Å². The molecule has 0 saturated carbocycles. The van der Waals surface area contributed by atoms with Gasteiger partial charge in [-0.25, -0.2) is 4.79 Å². The number of phenolic OH excluding ortho intramolecular Hbond substituents is 1. The highest BCUT2D eigenvalue weighted by atomic mass is 19.4. The summed E-state index contributed by atoms with van der Waals surface area (Å²) in [5.74, 6) is -0.626. The number of benzene rings is 2. The molecule has 0 spiro atoms. The minimum absolute atomic E-state index is 0.0372. The van der Waals surface area contributed by atoms with Crippen LogP contribution in [-0.4, -0.2) is 149 Å². The van der Waals surface area contributed by atoms with Crippen LogP contribution >= 0.6 is 0 Å². The average Bonchev–Trinajstić information content (AvgIpc) is 3.69. The first-order valence-electron chi connectivity index (χ1n) is 17.6. The van der Waals surface area contributed by atoms with E-state index < -0.39 is 49.5 Å². The third kappa shape index (κ3) is 9.96. The van der Waals surface area contributed by atoms with Crippen LogP contribution in [0.4, 0.5) is 31.1 Å². The molecule has 56 heavy (non-hydrogen) atoms. The molecule has 3 amide bonds. The van der Waals surface area contributed by atoms with Crippen LogP contribution in [0, 0.1) is 0 Å². The number of halogens is 6. The molecule has 0 radical (unpaired) electrons. The summed E-state index contributed by atoms with van der Waals surface area (Å²) >= 11 is 0. The highest BCUT2D eigenvalue weighted by Crippen LogP contribution is 2.31. The number of ether oxygens (including phenoxy) is 4. The summed E-state index contributed by atoms with van der Waals surface area (Å²) in [5, 5.41) is 19.5.